The Kier molecular flexibility index (Phi) is 6.21. The number of thioether (sulfide) groups is 1. The van der Waals surface area contributed by atoms with Gasteiger partial charge in [0.25, 0.3) is 5.91 Å². The monoisotopic (exact) mass is 438 g/mol. The lowest BCUT2D eigenvalue weighted by Crippen LogP contribution is -2.31. The first-order chi connectivity index (χ1) is 14.5. The average Bonchev–Trinajstić information content (AvgIpc) is 3.08. The van der Waals surface area contributed by atoms with Crippen LogP contribution < -0.4 is 15.4 Å². The molecule has 1 amide bonds. The molecule has 0 radical (unpaired) electrons. The number of fused-ring (bicyclic) bond motifs is 1. The number of anilines is 1. The van der Waals surface area contributed by atoms with E-state index in [0.717, 1.165) is 39.8 Å². The van der Waals surface area contributed by atoms with Gasteiger partial charge in [-0.2, -0.15) is 0 Å². The van der Waals surface area contributed by atoms with Crippen LogP contribution in [0.1, 0.15) is 24.5 Å². The molecule has 1 atom stereocenters. The second kappa shape index (κ2) is 9.02. The highest BCUT2D eigenvalue weighted by molar-refractivity contribution is 8.05. The minimum Gasteiger partial charge on any atom is -0.493 e. The molecular formula is C24H23ClN2O2S. The van der Waals surface area contributed by atoms with Crippen molar-refractivity contribution in [3.63, 3.8) is 0 Å². The highest BCUT2D eigenvalue weighted by Crippen LogP contribution is 2.36. The normalized spacial score (nSPS) is 17.4. The third-order valence-corrected chi connectivity index (χ3v) is 6.14. The summed E-state index contributed by atoms with van der Waals surface area (Å²) >= 11 is 7.51. The van der Waals surface area contributed by atoms with E-state index in [1.807, 2.05) is 49.4 Å². The molecule has 4 nitrogen and oxygen atoms in total. The first-order valence-electron chi connectivity index (χ1n) is 9.91. The number of aryl methyl sites for hydroxylation is 1. The lowest BCUT2D eigenvalue weighted by Gasteiger charge is -2.15. The summed E-state index contributed by atoms with van der Waals surface area (Å²) in [5, 5.41) is 9.24. The molecule has 1 fully saturated rings. The van der Waals surface area contributed by atoms with Crippen LogP contribution >= 0.6 is 23.4 Å². The molecule has 0 spiro atoms. The highest BCUT2D eigenvalue weighted by Gasteiger charge is 2.28. The van der Waals surface area contributed by atoms with Crippen molar-refractivity contribution in [2.24, 2.45) is 0 Å². The number of ether oxygens (including phenoxy) is 1. The number of nitrogens with one attached hydrogen (secondary N) is 2. The van der Waals surface area contributed by atoms with Gasteiger partial charge in [-0.25, -0.2) is 0 Å². The van der Waals surface area contributed by atoms with Crippen molar-refractivity contribution in [2.75, 3.05) is 11.9 Å². The molecule has 3 aromatic rings. The molecule has 1 saturated heterocycles. The third-order valence-electron chi connectivity index (χ3n) is 4.87. The topological polar surface area (TPSA) is 50.4 Å². The molecule has 0 saturated carbocycles. The number of hydrogen-bond donors (Lipinski definition) is 2. The molecule has 1 aliphatic rings. The van der Waals surface area contributed by atoms with Crippen LogP contribution in [0, 0.1) is 6.92 Å². The summed E-state index contributed by atoms with van der Waals surface area (Å²) in [6, 6.07) is 17.8. The summed E-state index contributed by atoms with van der Waals surface area (Å²) < 4.78 is 5.98. The van der Waals surface area contributed by atoms with E-state index < -0.39 is 0 Å². The Morgan fingerprint density at radius 2 is 2.03 bits per heavy atom. The molecule has 4 rings (SSSR count). The second-order valence-corrected chi connectivity index (χ2v) is 8.71. The fourth-order valence-corrected chi connectivity index (χ4v) is 4.57. The Morgan fingerprint density at radius 1 is 1.20 bits per heavy atom. The van der Waals surface area contributed by atoms with E-state index in [9.17, 15) is 4.79 Å². The Bertz CT molecular complexity index is 1130. The number of hydrogen-bond acceptors (Lipinski definition) is 4. The van der Waals surface area contributed by atoms with E-state index in [1.165, 1.54) is 11.8 Å². The van der Waals surface area contributed by atoms with Crippen molar-refractivity contribution in [2.45, 2.75) is 25.8 Å². The van der Waals surface area contributed by atoms with Crippen molar-refractivity contribution in [3.8, 4) is 5.75 Å². The molecule has 0 aromatic heterocycles. The minimum absolute atomic E-state index is 0.0986. The van der Waals surface area contributed by atoms with E-state index in [0.29, 0.717) is 16.5 Å². The van der Waals surface area contributed by atoms with Gasteiger partial charge in [-0.05, 0) is 60.0 Å². The van der Waals surface area contributed by atoms with Gasteiger partial charge in [-0.15, -0.1) is 0 Å². The SMILES string of the molecule is CCCOc1ccc2ccccc2c1/C=C1\SC(Nc2ccc(Cl)cc2C)NC1=O. The maximum absolute atomic E-state index is 12.7. The molecule has 154 valence electrons. The summed E-state index contributed by atoms with van der Waals surface area (Å²) in [5.41, 5.74) is 2.65. The quantitative estimate of drug-likeness (QED) is 0.450. The molecule has 0 bridgehead atoms. The lowest BCUT2D eigenvalue weighted by atomic mass is 10.0. The Balaban J connectivity index is 1.64. The van der Waals surface area contributed by atoms with E-state index in [1.54, 1.807) is 0 Å². The first kappa shape index (κ1) is 20.6. The molecule has 1 aliphatic heterocycles. The van der Waals surface area contributed by atoms with Crippen molar-refractivity contribution in [1.82, 2.24) is 5.32 Å². The largest absolute Gasteiger partial charge is 0.493 e. The summed E-state index contributed by atoms with van der Waals surface area (Å²) in [4.78, 5) is 13.3. The summed E-state index contributed by atoms with van der Waals surface area (Å²) in [5.74, 6) is 0.694. The summed E-state index contributed by atoms with van der Waals surface area (Å²) in [6.45, 7) is 4.70. The predicted octanol–water partition coefficient (Wildman–Crippen LogP) is 6.19. The maximum atomic E-state index is 12.7. The Morgan fingerprint density at radius 3 is 2.83 bits per heavy atom. The number of carbonyl (C=O) groups is 1. The molecule has 1 heterocycles. The van der Waals surface area contributed by atoms with Gasteiger partial charge in [0, 0.05) is 16.3 Å². The molecule has 6 heteroatoms. The number of halogens is 1. The van der Waals surface area contributed by atoms with Gasteiger partial charge in [0.05, 0.1) is 11.5 Å². The van der Waals surface area contributed by atoms with Crippen LogP contribution in [0.5, 0.6) is 5.75 Å². The van der Waals surface area contributed by atoms with Crippen LogP contribution in [0.3, 0.4) is 0 Å². The van der Waals surface area contributed by atoms with E-state index in [2.05, 4.69) is 35.8 Å². The predicted molar refractivity (Wildman–Crippen MR) is 127 cm³/mol. The van der Waals surface area contributed by atoms with E-state index >= 15 is 0 Å². The average molecular weight is 439 g/mol. The van der Waals surface area contributed by atoms with Crippen molar-refractivity contribution < 1.29 is 9.53 Å². The molecule has 0 aliphatic carbocycles. The third kappa shape index (κ3) is 4.42. The maximum Gasteiger partial charge on any atom is 0.260 e. The van der Waals surface area contributed by atoms with Gasteiger partial charge in [0.15, 0.2) is 5.50 Å². The molecular weight excluding hydrogens is 416 g/mol. The number of benzene rings is 3. The number of amides is 1. The van der Waals surface area contributed by atoms with Crippen LogP contribution in [-0.2, 0) is 4.79 Å². The van der Waals surface area contributed by atoms with Crippen molar-refractivity contribution >= 4 is 51.8 Å². The highest BCUT2D eigenvalue weighted by atomic mass is 35.5. The summed E-state index contributed by atoms with van der Waals surface area (Å²) in [6.07, 6.45) is 2.86. The second-order valence-electron chi connectivity index (χ2n) is 7.13. The number of rotatable bonds is 6. The Labute approximate surface area is 185 Å². The van der Waals surface area contributed by atoms with Crippen LogP contribution in [0.2, 0.25) is 5.02 Å². The Hall–Kier alpha value is -2.63. The fraction of sp³-hybridized carbons (Fsp3) is 0.208. The van der Waals surface area contributed by atoms with Gasteiger partial charge < -0.3 is 15.4 Å². The van der Waals surface area contributed by atoms with Crippen LogP contribution in [0.4, 0.5) is 5.69 Å². The summed E-state index contributed by atoms with van der Waals surface area (Å²) in [7, 11) is 0. The minimum atomic E-state index is -0.251. The van der Waals surface area contributed by atoms with Gasteiger partial charge in [0.2, 0.25) is 0 Å². The fourth-order valence-electron chi connectivity index (χ4n) is 3.39. The lowest BCUT2D eigenvalue weighted by molar-refractivity contribution is -0.116. The zero-order valence-corrected chi connectivity index (χ0v) is 18.4. The zero-order chi connectivity index (χ0) is 21.1. The van der Waals surface area contributed by atoms with Crippen molar-refractivity contribution in [3.05, 3.63) is 75.7 Å². The van der Waals surface area contributed by atoms with Crippen molar-refractivity contribution in [1.29, 1.82) is 0 Å². The smallest absolute Gasteiger partial charge is 0.260 e. The molecule has 30 heavy (non-hydrogen) atoms. The molecule has 3 aromatic carbocycles. The molecule has 2 N–H and O–H groups in total. The van der Waals surface area contributed by atoms with Gasteiger partial charge in [0.1, 0.15) is 5.75 Å². The van der Waals surface area contributed by atoms with Gasteiger partial charge in [-0.1, -0.05) is 60.6 Å². The zero-order valence-electron chi connectivity index (χ0n) is 16.9. The van der Waals surface area contributed by atoms with Crippen LogP contribution in [0.15, 0.2) is 59.5 Å². The van der Waals surface area contributed by atoms with E-state index in [-0.39, 0.29) is 11.4 Å². The van der Waals surface area contributed by atoms with Gasteiger partial charge in [-0.3, -0.25) is 4.79 Å². The van der Waals surface area contributed by atoms with E-state index in [4.69, 9.17) is 16.3 Å². The van der Waals surface area contributed by atoms with Gasteiger partial charge >= 0.3 is 0 Å². The molecule has 1 unspecified atom stereocenters. The first-order valence-corrected chi connectivity index (χ1v) is 11.2. The van der Waals surface area contributed by atoms with Crippen LogP contribution in [-0.4, -0.2) is 18.0 Å². The standard InChI is InChI=1S/C24H23ClN2O2S/c1-3-12-29-21-11-8-16-6-4-5-7-18(16)19(21)14-22-23(28)27-24(30-22)26-20-10-9-17(25)13-15(20)2/h4-11,13-14,24,26H,3,12H2,1-2H3,(H,27,28)/b22-14-. The number of carbonyl (C=O) groups excluding carboxylic acids is 1. The van der Waals surface area contributed by atoms with Crippen LogP contribution in [0.25, 0.3) is 16.8 Å².